The number of rotatable bonds is 27. The molecule has 24 heteroatoms. The van der Waals surface area contributed by atoms with Crippen LogP contribution >= 0.6 is 0 Å². The van der Waals surface area contributed by atoms with Gasteiger partial charge in [-0.1, -0.05) is 50.0 Å². The van der Waals surface area contributed by atoms with Crippen LogP contribution in [0, 0.1) is 6.92 Å². The van der Waals surface area contributed by atoms with E-state index in [2.05, 4.69) is 80.8 Å². The highest BCUT2D eigenvalue weighted by Crippen LogP contribution is 2.51. The maximum atomic E-state index is 12.8. The summed E-state index contributed by atoms with van der Waals surface area (Å²) in [6, 6.07) is 11.0. The molecule has 3 heterocycles. The number of aromatic nitrogens is 3. The first-order chi connectivity index (χ1) is 33.4. The number of nitrogens with one attached hydrogen (secondary N) is 4. The van der Waals surface area contributed by atoms with Crippen LogP contribution in [0.1, 0.15) is 121 Å². The average Bonchev–Trinajstić information content (AvgIpc) is 3.61. The first-order valence-corrected chi connectivity index (χ1v) is 27.6. The molecule has 2 aliphatic rings. The lowest BCUT2D eigenvalue weighted by molar-refractivity contribution is -0.437. The summed E-state index contributed by atoms with van der Waals surface area (Å²) in [4.78, 5) is 48.3. The third kappa shape index (κ3) is 17.2. The summed E-state index contributed by atoms with van der Waals surface area (Å²) >= 11 is 0. The topological polar surface area (TPSA) is 315 Å². The van der Waals surface area contributed by atoms with Crippen LogP contribution in [0.4, 0.5) is 23.3 Å². The maximum Gasteiger partial charge on any atom is 0.425 e. The van der Waals surface area contributed by atoms with E-state index in [1.54, 1.807) is 6.07 Å². The van der Waals surface area contributed by atoms with Crippen molar-refractivity contribution in [2.24, 2.45) is 0 Å². The summed E-state index contributed by atoms with van der Waals surface area (Å²) < 4.78 is 94.2. The largest absolute Gasteiger partial charge is 0.481 e. The third-order valence-corrected chi connectivity index (χ3v) is 14.0. The van der Waals surface area contributed by atoms with Gasteiger partial charge in [-0.2, -0.15) is 31.4 Å². The summed E-state index contributed by atoms with van der Waals surface area (Å²) in [7, 11) is -11.8. The summed E-state index contributed by atoms with van der Waals surface area (Å²) in [5, 5.41) is 17.8. The monoisotopic (exact) mass is 1050 g/mol. The summed E-state index contributed by atoms with van der Waals surface area (Å²) in [5.74, 6) is -0.850. The molecule has 0 radical (unpaired) electrons. The van der Waals surface area contributed by atoms with E-state index in [0.717, 1.165) is 74.2 Å². The molecule has 1 amide bonds. The fourth-order valence-corrected chi connectivity index (χ4v) is 9.96. The molecule has 3 aromatic rings. The standard InChI is InChI=1S/C47H66N8O10S2.O3S/c1-6-28-54-38-22-20-33(2)31-36(38)47(5,24-11-7-9-18-41(56)48-26-14-27-50-44-51-43(52-45(59)53-44)49-25-12-8-10-19-42(57)58)40(54)17-13-16-39-46(3,4)35-32-34(67(63,64)65)21-23-37(35)55(39)29-15-30-66(60,61)62;1-4(2)3/h13,16-17,20-23,31-32H,6-12,14-15,18-19,24-30H2,1-5H3,(H6-,48,49,50,51,52,53,56,57,58,59,60,61,62,63,64,65);/p+1. The van der Waals surface area contributed by atoms with E-state index in [0.29, 0.717) is 50.1 Å². The van der Waals surface area contributed by atoms with Crippen LogP contribution < -0.4 is 26.5 Å². The first kappa shape index (κ1) is 57.8. The molecule has 0 bridgehead atoms. The SMILES string of the molecule is CCCN1C(=CC=CC2=[N+](CCCS(=O)(=O)O)c3ccc(S(=O)(=O)O)cc3C2(C)C)C(C)(CCCCCC(=O)NCCCNc2nc(NCCCCCC(=O)O)[nH]c(=O)n2)c2cc(C)ccc21.O=S(=O)=O. The fourth-order valence-electron chi connectivity index (χ4n) is 8.96. The number of nitrogens with zero attached hydrogens (tertiary/aromatic N) is 4. The van der Waals surface area contributed by atoms with Crippen molar-refractivity contribution in [2.45, 2.75) is 127 Å². The molecule has 0 saturated carbocycles. The van der Waals surface area contributed by atoms with Crippen LogP contribution in [0.15, 0.2) is 70.0 Å². The van der Waals surface area contributed by atoms with Gasteiger partial charge in [-0.15, -0.1) is 12.6 Å². The molecule has 21 nitrogen and oxygen atoms in total. The van der Waals surface area contributed by atoms with Gasteiger partial charge in [0.25, 0.3) is 20.2 Å². The molecule has 1 unspecified atom stereocenters. The van der Waals surface area contributed by atoms with Gasteiger partial charge in [0, 0.05) is 79.9 Å². The number of allylic oxidation sites excluding steroid dienone is 4. The molecule has 5 rings (SSSR count). The number of anilines is 3. The Morgan fingerprint density at radius 2 is 1.55 bits per heavy atom. The van der Waals surface area contributed by atoms with Gasteiger partial charge in [0.05, 0.1) is 16.1 Å². The van der Waals surface area contributed by atoms with Crippen molar-refractivity contribution in [1.82, 2.24) is 20.3 Å². The molecule has 2 aromatic carbocycles. The van der Waals surface area contributed by atoms with Crippen LogP contribution in [0.5, 0.6) is 0 Å². The number of benzene rings is 2. The Bertz CT molecular complexity index is 2880. The molecule has 390 valence electrons. The van der Waals surface area contributed by atoms with Crippen molar-refractivity contribution in [3.05, 3.63) is 87.5 Å². The second-order valence-corrected chi connectivity index (χ2v) is 21.6. The van der Waals surface area contributed by atoms with Gasteiger partial charge < -0.3 is 26.0 Å². The van der Waals surface area contributed by atoms with Crippen LogP contribution in [-0.2, 0) is 51.3 Å². The van der Waals surface area contributed by atoms with Crippen molar-refractivity contribution in [2.75, 3.05) is 54.0 Å². The minimum atomic E-state index is -4.48. The minimum absolute atomic E-state index is 0.0362. The first-order valence-electron chi connectivity index (χ1n) is 23.6. The molecule has 0 aliphatic carbocycles. The lowest BCUT2D eigenvalue weighted by Crippen LogP contribution is -2.30. The van der Waals surface area contributed by atoms with Gasteiger partial charge in [-0.3, -0.25) is 23.7 Å². The number of carboxylic acid groups (broad SMARTS) is 1. The van der Waals surface area contributed by atoms with Crippen molar-refractivity contribution in [3.8, 4) is 0 Å². The predicted molar refractivity (Wildman–Crippen MR) is 270 cm³/mol. The average molecular weight is 1050 g/mol. The van der Waals surface area contributed by atoms with Gasteiger partial charge in [0.2, 0.25) is 23.5 Å². The number of carboxylic acids is 1. The summed E-state index contributed by atoms with van der Waals surface area (Å²) in [5.41, 5.74) is 5.17. The number of hydrogen-bond donors (Lipinski definition) is 7. The molecule has 1 aromatic heterocycles. The number of aliphatic carboxylic acids is 1. The maximum absolute atomic E-state index is 12.8. The molecule has 0 saturated heterocycles. The van der Waals surface area contributed by atoms with Crippen molar-refractivity contribution >= 4 is 71.7 Å². The Morgan fingerprint density at radius 3 is 2.23 bits per heavy atom. The van der Waals surface area contributed by atoms with Gasteiger partial charge in [0.15, 0.2) is 5.71 Å². The Morgan fingerprint density at radius 1 is 0.859 bits per heavy atom. The van der Waals surface area contributed by atoms with Gasteiger partial charge >= 0.3 is 22.3 Å². The van der Waals surface area contributed by atoms with E-state index >= 15 is 0 Å². The lowest BCUT2D eigenvalue weighted by atomic mass is 9.76. The van der Waals surface area contributed by atoms with Gasteiger partial charge in [-0.25, -0.2) is 4.79 Å². The smallest absolute Gasteiger partial charge is 0.425 e. The van der Waals surface area contributed by atoms with Crippen molar-refractivity contribution < 1.29 is 57.8 Å². The van der Waals surface area contributed by atoms with E-state index in [-0.39, 0.29) is 47.5 Å². The number of aryl methyl sites for hydroxylation is 1. The predicted octanol–water partition coefficient (Wildman–Crippen LogP) is 5.62. The highest BCUT2D eigenvalue weighted by molar-refractivity contribution is 7.86. The zero-order chi connectivity index (χ0) is 52.6. The normalized spacial score (nSPS) is 16.7. The second-order valence-electron chi connectivity index (χ2n) is 18.2. The third-order valence-electron chi connectivity index (χ3n) is 12.3. The number of unbranched alkanes of at least 4 members (excludes halogenated alkanes) is 4. The van der Waals surface area contributed by atoms with E-state index < -0.39 is 53.7 Å². The molecule has 1 atom stereocenters. The molecular formula is C47H67N8O13S3+. The molecule has 0 fully saturated rings. The number of carbonyl (C=O) groups excluding carboxylic acids is 1. The summed E-state index contributed by atoms with van der Waals surface area (Å²) in [6.07, 6.45) is 13.5. The number of hydrogen-bond acceptors (Lipinski definition) is 15. The van der Waals surface area contributed by atoms with Crippen molar-refractivity contribution in [3.63, 3.8) is 0 Å². The van der Waals surface area contributed by atoms with E-state index in [4.69, 9.17) is 17.7 Å². The summed E-state index contributed by atoms with van der Waals surface area (Å²) in [6.45, 7) is 12.8. The Kier molecular flexibility index (Phi) is 21.2. The number of amides is 1. The quantitative estimate of drug-likeness (QED) is 0.0277. The lowest BCUT2D eigenvalue weighted by Gasteiger charge is -2.30. The van der Waals surface area contributed by atoms with Gasteiger partial charge in [-0.05, 0) is 96.1 Å². The van der Waals surface area contributed by atoms with Crippen molar-refractivity contribution in [1.29, 1.82) is 0 Å². The molecule has 7 N–H and O–H groups in total. The number of carbonyl (C=O) groups is 2. The highest BCUT2D eigenvalue weighted by atomic mass is 32.2. The van der Waals surface area contributed by atoms with E-state index in [1.807, 2.05) is 30.6 Å². The minimum Gasteiger partial charge on any atom is -0.481 e. The molecular weight excluding hydrogens is 981 g/mol. The Hall–Kier alpha value is -5.82. The zero-order valence-corrected chi connectivity index (χ0v) is 43.3. The Labute approximate surface area is 416 Å². The molecule has 71 heavy (non-hydrogen) atoms. The van der Waals surface area contributed by atoms with Crippen LogP contribution in [0.2, 0.25) is 0 Å². The zero-order valence-electron chi connectivity index (χ0n) is 40.9. The number of fused-ring (bicyclic) bond motifs is 2. The second kappa shape index (κ2) is 26.0. The fraction of sp³-hybridized carbons (Fsp3) is 0.532. The van der Waals surface area contributed by atoms with Crippen LogP contribution in [0.25, 0.3) is 0 Å². The molecule has 2 aliphatic heterocycles. The van der Waals surface area contributed by atoms with Crippen LogP contribution in [-0.4, -0.2) is 119 Å². The number of aromatic amines is 1. The van der Waals surface area contributed by atoms with Crippen LogP contribution in [0.3, 0.4) is 0 Å². The van der Waals surface area contributed by atoms with E-state index in [1.165, 1.54) is 17.7 Å². The van der Waals surface area contributed by atoms with Gasteiger partial charge in [0.1, 0.15) is 6.54 Å². The number of H-pyrrole nitrogens is 1. The Balaban J connectivity index is 0.00000263. The molecule has 0 spiro atoms. The highest BCUT2D eigenvalue weighted by Gasteiger charge is 2.46. The van der Waals surface area contributed by atoms with E-state index in [9.17, 15) is 40.3 Å².